The zero-order valence-electron chi connectivity index (χ0n) is 20.0. The summed E-state index contributed by atoms with van der Waals surface area (Å²) >= 11 is 6.30. The van der Waals surface area contributed by atoms with Crippen molar-refractivity contribution in [3.63, 3.8) is 0 Å². The Morgan fingerprint density at radius 2 is 1.72 bits per heavy atom. The first-order chi connectivity index (χ1) is 17.5. The molecule has 1 amide bonds. The van der Waals surface area contributed by atoms with Gasteiger partial charge in [0.25, 0.3) is 0 Å². The minimum absolute atomic E-state index is 0.0315. The molecule has 0 saturated carbocycles. The van der Waals surface area contributed by atoms with Gasteiger partial charge < -0.3 is 4.74 Å². The van der Waals surface area contributed by atoms with E-state index in [1.165, 1.54) is 0 Å². The van der Waals surface area contributed by atoms with E-state index in [0.29, 0.717) is 43.6 Å². The fraction of sp³-hybridized carbons (Fsp3) is 0.259. The number of hydrogen-bond donors (Lipinski definition) is 0. The zero-order chi connectivity index (χ0) is 24.9. The van der Waals surface area contributed by atoms with Crippen molar-refractivity contribution >= 4 is 23.3 Å². The lowest BCUT2D eigenvalue weighted by Crippen LogP contribution is -2.50. The number of aromatic nitrogens is 4. The minimum atomic E-state index is 0.0315. The van der Waals surface area contributed by atoms with Crippen molar-refractivity contribution in [2.75, 3.05) is 24.5 Å². The highest BCUT2D eigenvalue weighted by Crippen LogP contribution is 2.26. The number of aryl methyl sites for hydroxylation is 1. The van der Waals surface area contributed by atoms with Crippen LogP contribution in [0.4, 0.5) is 5.82 Å². The van der Waals surface area contributed by atoms with Crippen molar-refractivity contribution in [2.24, 2.45) is 0 Å². The first-order valence-electron chi connectivity index (χ1n) is 11.8. The van der Waals surface area contributed by atoms with E-state index in [9.17, 15) is 4.79 Å². The van der Waals surface area contributed by atoms with Crippen LogP contribution in [0.25, 0.3) is 0 Å². The summed E-state index contributed by atoms with van der Waals surface area (Å²) in [5, 5.41) is 5.38. The van der Waals surface area contributed by atoms with Gasteiger partial charge in [-0.3, -0.25) is 29.2 Å². The van der Waals surface area contributed by atoms with Crippen LogP contribution in [0.5, 0.6) is 5.75 Å². The van der Waals surface area contributed by atoms with E-state index < -0.39 is 0 Å². The van der Waals surface area contributed by atoms with E-state index in [2.05, 4.69) is 14.9 Å². The van der Waals surface area contributed by atoms with E-state index in [1.807, 2.05) is 72.3 Å². The number of piperazine rings is 1. The molecule has 1 aromatic carbocycles. The fourth-order valence-corrected chi connectivity index (χ4v) is 4.41. The number of pyridine rings is 2. The molecule has 36 heavy (non-hydrogen) atoms. The van der Waals surface area contributed by atoms with E-state index in [0.717, 1.165) is 34.9 Å². The molecule has 0 N–H and O–H groups in total. The number of rotatable bonds is 8. The molecule has 4 heterocycles. The Hall–Kier alpha value is -3.75. The van der Waals surface area contributed by atoms with Gasteiger partial charge in [-0.25, -0.2) is 0 Å². The quantitative estimate of drug-likeness (QED) is 0.361. The van der Waals surface area contributed by atoms with Crippen LogP contribution in [0.15, 0.2) is 73.1 Å². The van der Waals surface area contributed by atoms with E-state index in [1.54, 1.807) is 17.3 Å². The molecular weight excluding hydrogens is 476 g/mol. The minimum Gasteiger partial charge on any atom is -0.487 e. The fourth-order valence-electron chi connectivity index (χ4n) is 4.21. The number of carbonyl (C=O) groups excluding carboxylic acids is 1. The maximum absolute atomic E-state index is 13.0. The van der Waals surface area contributed by atoms with Gasteiger partial charge in [0.05, 0.1) is 24.5 Å². The van der Waals surface area contributed by atoms with Gasteiger partial charge in [-0.15, -0.1) is 0 Å². The predicted octanol–water partition coefficient (Wildman–Crippen LogP) is 4.11. The maximum atomic E-state index is 13.0. The zero-order valence-corrected chi connectivity index (χ0v) is 20.8. The molecule has 0 radical (unpaired) electrons. The SMILES string of the molecule is Cc1cc(N2CCN(Cc3ccccn3)CC2=O)nn1Cc1cc(Cl)ccc1OCc1ccccn1. The van der Waals surface area contributed by atoms with Crippen molar-refractivity contribution in [3.05, 3.63) is 101 Å². The number of benzene rings is 1. The number of halogens is 1. The molecule has 3 aromatic heterocycles. The second-order valence-electron chi connectivity index (χ2n) is 8.74. The summed E-state index contributed by atoms with van der Waals surface area (Å²) in [6.45, 7) is 5.14. The third kappa shape index (κ3) is 5.72. The Morgan fingerprint density at radius 1 is 0.944 bits per heavy atom. The van der Waals surface area contributed by atoms with Crippen LogP contribution < -0.4 is 9.64 Å². The number of nitrogens with zero attached hydrogens (tertiary/aromatic N) is 6. The molecule has 0 bridgehead atoms. The molecule has 1 fully saturated rings. The Labute approximate surface area is 215 Å². The summed E-state index contributed by atoms with van der Waals surface area (Å²) in [6, 6.07) is 19.1. The second kappa shape index (κ2) is 10.9. The lowest BCUT2D eigenvalue weighted by Gasteiger charge is -2.32. The lowest BCUT2D eigenvalue weighted by molar-refractivity contribution is -0.121. The van der Waals surface area contributed by atoms with Crippen molar-refractivity contribution in [2.45, 2.75) is 26.6 Å². The van der Waals surface area contributed by atoms with Crippen molar-refractivity contribution in [1.29, 1.82) is 0 Å². The Balaban J connectivity index is 1.27. The number of amides is 1. The number of ether oxygens (including phenoxy) is 1. The third-order valence-electron chi connectivity index (χ3n) is 6.10. The summed E-state index contributed by atoms with van der Waals surface area (Å²) in [6.07, 6.45) is 3.52. The van der Waals surface area contributed by atoms with Crippen LogP contribution in [0.3, 0.4) is 0 Å². The van der Waals surface area contributed by atoms with E-state index in [4.69, 9.17) is 21.4 Å². The van der Waals surface area contributed by atoms with Crippen LogP contribution in [-0.2, 0) is 24.5 Å². The van der Waals surface area contributed by atoms with Crippen LogP contribution in [0.2, 0.25) is 5.02 Å². The van der Waals surface area contributed by atoms with Gasteiger partial charge >= 0.3 is 0 Å². The normalized spacial score (nSPS) is 14.3. The summed E-state index contributed by atoms with van der Waals surface area (Å²) in [4.78, 5) is 25.5. The molecule has 5 rings (SSSR count). The maximum Gasteiger partial charge on any atom is 0.242 e. The molecule has 4 aromatic rings. The van der Waals surface area contributed by atoms with Crippen molar-refractivity contribution in [3.8, 4) is 5.75 Å². The van der Waals surface area contributed by atoms with Crippen molar-refractivity contribution < 1.29 is 9.53 Å². The highest BCUT2D eigenvalue weighted by Gasteiger charge is 2.27. The van der Waals surface area contributed by atoms with Crippen LogP contribution >= 0.6 is 11.6 Å². The van der Waals surface area contributed by atoms with Gasteiger partial charge in [0.1, 0.15) is 12.4 Å². The highest BCUT2D eigenvalue weighted by molar-refractivity contribution is 6.30. The smallest absolute Gasteiger partial charge is 0.242 e. The Morgan fingerprint density at radius 3 is 2.44 bits per heavy atom. The van der Waals surface area contributed by atoms with Gasteiger partial charge in [-0.05, 0) is 49.4 Å². The molecular formula is C27H27ClN6O2. The van der Waals surface area contributed by atoms with Crippen molar-refractivity contribution in [1.82, 2.24) is 24.6 Å². The van der Waals surface area contributed by atoms with E-state index in [-0.39, 0.29) is 5.91 Å². The Bertz CT molecular complexity index is 1330. The topological polar surface area (TPSA) is 76.4 Å². The van der Waals surface area contributed by atoms with Crippen LogP contribution in [-0.4, -0.2) is 50.2 Å². The molecule has 9 heteroatoms. The van der Waals surface area contributed by atoms with Crippen LogP contribution in [0.1, 0.15) is 22.6 Å². The molecule has 0 atom stereocenters. The summed E-state index contributed by atoms with van der Waals surface area (Å²) in [5.74, 6) is 1.41. The standard InChI is InChI=1S/C27H27ClN6O2/c1-20-14-26(33-13-12-32(18-27(33)35)17-23-6-2-4-10-29-23)31-34(20)16-21-15-22(28)8-9-25(21)36-19-24-7-3-5-11-30-24/h2-11,14-15H,12-13,16-19H2,1H3. The first kappa shape index (κ1) is 24.0. The van der Waals surface area contributed by atoms with Gasteiger partial charge in [-0.1, -0.05) is 23.7 Å². The van der Waals surface area contributed by atoms with E-state index >= 15 is 0 Å². The molecule has 0 spiro atoms. The first-order valence-corrected chi connectivity index (χ1v) is 12.2. The van der Waals surface area contributed by atoms with Gasteiger partial charge in [0.2, 0.25) is 5.91 Å². The monoisotopic (exact) mass is 502 g/mol. The molecule has 1 aliphatic rings. The summed E-state index contributed by atoms with van der Waals surface area (Å²) in [5.41, 5.74) is 3.66. The largest absolute Gasteiger partial charge is 0.487 e. The average molecular weight is 503 g/mol. The number of anilines is 1. The predicted molar refractivity (Wildman–Crippen MR) is 138 cm³/mol. The highest BCUT2D eigenvalue weighted by atomic mass is 35.5. The lowest BCUT2D eigenvalue weighted by atomic mass is 10.2. The summed E-state index contributed by atoms with van der Waals surface area (Å²) < 4.78 is 7.93. The molecule has 0 aliphatic carbocycles. The molecule has 1 aliphatic heterocycles. The van der Waals surface area contributed by atoms with Gasteiger partial charge in [0, 0.05) is 54.4 Å². The average Bonchev–Trinajstić information content (AvgIpc) is 3.24. The number of hydrogen-bond acceptors (Lipinski definition) is 6. The molecule has 1 saturated heterocycles. The molecule has 0 unspecified atom stereocenters. The Kier molecular flexibility index (Phi) is 7.25. The summed E-state index contributed by atoms with van der Waals surface area (Å²) in [7, 11) is 0. The number of carbonyl (C=O) groups is 1. The van der Waals surface area contributed by atoms with Crippen LogP contribution in [0, 0.1) is 6.92 Å². The van der Waals surface area contributed by atoms with Gasteiger partial charge in [-0.2, -0.15) is 5.10 Å². The molecule has 184 valence electrons. The van der Waals surface area contributed by atoms with Gasteiger partial charge in [0.15, 0.2) is 5.82 Å². The molecule has 8 nitrogen and oxygen atoms in total. The third-order valence-corrected chi connectivity index (χ3v) is 6.34. The second-order valence-corrected chi connectivity index (χ2v) is 9.18.